The van der Waals surface area contributed by atoms with Crippen molar-refractivity contribution in [3.05, 3.63) is 11.9 Å². The normalized spacial score (nSPS) is 23.1. The molecule has 0 aliphatic heterocycles. The van der Waals surface area contributed by atoms with Gasteiger partial charge in [0.1, 0.15) is 12.1 Å². The van der Waals surface area contributed by atoms with Gasteiger partial charge in [-0.15, -0.1) is 0 Å². The van der Waals surface area contributed by atoms with Crippen molar-refractivity contribution < 1.29 is 9.84 Å². The highest BCUT2D eigenvalue weighted by atomic mass is 16.5. The Labute approximate surface area is 108 Å². The quantitative estimate of drug-likeness (QED) is 0.834. The molecule has 1 fully saturated rings. The van der Waals surface area contributed by atoms with Crippen LogP contribution in [0.5, 0.6) is 5.88 Å². The van der Waals surface area contributed by atoms with Crippen LogP contribution in [0, 0.1) is 12.8 Å². The van der Waals surface area contributed by atoms with Gasteiger partial charge in [0.05, 0.1) is 18.3 Å². The number of aliphatic hydroxyl groups is 1. The van der Waals surface area contributed by atoms with Gasteiger partial charge in [-0.25, -0.2) is 9.97 Å². The van der Waals surface area contributed by atoms with Crippen molar-refractivity contribution in [2.45, 2.75) is 39.2 Å². The van der Waals surface area contributed by atoms with E-state index in [2.05, 4.69) is 15.3 Å². The molecule has 0 radical (unpaired) electrons. The van der Waals surface area contributed by atoms with Crippen LogP contribution < -0.4 is 10.1 Å². The SMILES string of the molecule is CCOc1ncnc(NCC2CCCC2O)c1C. The van der Waals surface area contributed by atoms with Crippen molar-refractivity contribution in [3.63, 3.8) is 0 Å². The molecule has 1 saturated carbocycles. The molecule has 0 spiro atoms. The number of hydrogen-bond acceptors (Lipinski definition) is 5. The van der Waals surface area contributed by atoms with E-state index in [4.69, 9.17) is 4.74 Å². The zero-order chi connectivity index (χ0) is 13.0. The number of hydrogen-bond donors (Lipinski definition) is 2. The standard InChI is InChI=1S/C13H21N3O2/c1-3-18-13-9(2)12(15-8-16-13)14-7-10-5-4-6-11(10)17/h8,10-11,17H,3-7H2,1-2H3,(H,14,15,16). The molecule has 18 heavy (non-hydrogen) atoms. The van der Waals surface area contributed by atoms with Gasteiger partial charge in [0.25, 0.3) is 0 Å². The van der Waals surface area contributed by atoms with Crippen molar-refractivity contribution in [3.8, 4) is 5.88 Å². The van der Waals surface area contributed by atoms with E-state index in [-0.39, 0.29) is 6.10 Å². The number of ether oxygens (including phenoxy) is 1. The second kappa shape index (κ2) is 6.00. The molecule has 1 aliphatic rings. The van der Waals surface area contributed by atoms with Crippen LogP contribution in [-0.2, 0) is 0 Å². The molecule has 1 aromatic heterocycles. The molecular weight excluding hydrogens is 230 g/mol. The van der Waals surface area contributed by atoms with Crippen LogP contribution in [0.15, 0.2) is 6.33 Å². The minimum Gasteiger partial charge on any atom is -0.478 e. The van der Waals surface area contributed by atoms with E-state index in [1.54, 1.807) is 0 Å². The fourth-order valence-electron chi connectivity index (χ4n) is 2.38. The minimum absolute atomic E-state index is 0.175. The van der Waals surface area contributed by atoms with Crippen LogP contribution in [0.1, 0.15) is 31.7 Å². The number of aliphatic hydroxyl groups excluding tert-OH is 1. The van der Waals surface area contributed by atoms with E-state index >= 15 is 0 Å². The summed E-state index contributed by atoms with van der Waals surface area (Å²) in [6.45, 7) is 5.23. The van der Waals surface area contributed by atoms with Gasteiger partial charge in [0, 0.05) is 12.5 Å². The summed E-state index contributed by atoms with van der Waals surface area (Å²) < 4.78 is 5.43. The van der Waals surface area contributed by atoms with Gasteiger partial charge in [0.2, 0.25) is 5.88 Å². The fraction of sp³-hybridized carbons (Fsp3) is 0.692. The zero-order valence-corrected chi connectivity index (χ0v) is 11.0. The molecule has 0 saturated heterocycles. The van der Waals surface area contributed by atoms with Gasteiger partial charge in [-0.05, 0) is 26.7 Å². The molecule has 2 rings (SSSR count). The van der Waals surface area contributed by atoms with E-state index in [1.165, 1.54) is 6.33 Å². The van der Waals surface area contributed by atoms with Crippen LogP contribution in [0.4, 0.5) is 5.82 Å². The molecule has 5 nitrogen and oxygen atoms in total. The highest BCUT2D eigenvalue weighted by Gasteiger charge is 2.25. The lowest BCUT2D eigenvalue weighted by molar-refractivity contribution is 0.138. The number of nitrogens with zero attached hydrogens (tertiary/aromatic N) is 2. The fourth-order valence-corrected chi connectivity index (χ4v) is 2.38. The Morgan fingerprint density at radius 3 is 2.94 bits per heavy atom. The molecule has 1 heterocycles. The Morgan fingerprint density at radius 2 is 2.28 bits per heavy atom. The average Bonchev–Trinajstić information content (AvgIpc) is 2.76. The van der Waals surface area contributed by atoms with Crippen molar-refractivity contribution >= 4 is 5.82 Å². The minimum atomic E-state index is -0.175. The first-order valence-corrected chi connectivity index (χ1v) is 6.58. The molecule has 1 aliphatic carbocycles. The lowest BCUT2D eigenvalue weighted by atomic mass is 10.1. The van der Waals surface area contributed by atoms with Gasteiger partial charge in [-0.2, -0.15) is 0 Å². The Kier molecular flexibility index (Phi) is 4.36. The number of aromatic nitrogens is 2. The van der Waals surface area contributed by atoms with Crippen molar-refractivity contribution in [1.82, 2.24) is 9.97 Å². The maximum absolute atomic E-state index is 9.78. The van der Waals surface area contributed by atoms with Gasteiger partial charge in [0.15, 0.2) is 0 Å². The smallest absolute Gasteiger partial charge is 0.221 e. The summed E-state index contributed by atoms with van der Waals surface area (Å²) in [5.74, 6) is 1.75. The van der Waals surface area contributed by atoms with Gasteiger partial charge >= 0.3 is 0 Å². The number of rotatable bonds is 5. The molecule has 5 heteroatoms. The Morgan fingerprint density at radius 1 is 1.44 bits per heavy atom. The van der Waals surface area contributed by atoms with E-state index < -0.39 is 0 Å². The molecule has 2 N–H and O–H groups in total. The number of anilines is 1. The third-order valence-electron chi connectivity index (χ3n) is 3.47. The maximum Gasteiger partial charge on any atom is 0.221 e. The third kappa shape index (κ3) is 2.90. The second-order valence-corrected chi connectivity index (χ2v) is 4.72. The summed E-state index contributed by atoms with van der Waals surface area (Å²) in [6.07, 6.45) is 4.44. The highest BCUT2D eigenvalue weighted by Crippen LogP contribution is 2.27. The highest BCUT2D eigenvalue weighted by molar-refractivity contribution is 5.47. The predicted molar refractivity (Wildman–Crippen MR) is 69.8 cm³/mol. The lowest BCUT2D eigenvalue weighted by Crippen LogP contribution is -2.22. The molecule has 0 aromatic carbocycles. The van der Waals surface area contributed by atoms with Gasteiger partial charge in [-0.3, -0.25) is 0 Å². The van der Waals surface area contributed by atoms with Crippen LogP contribution in [0.2, 0.25) is 0 Å². The molecule has 0 bridgehead atoms. The molecule has 2 unspecified atom stereocenters. The van der Waals surface area contributed by atoms with Crippen molar-refractivity contribution in [2.24, 2.45) is 5.92 Å². The summed E-state index contributed by atoms with van der Waals surface area (Å²) in [5.41, 5.74) is 0.923. The zero-order valence-electron chi connectivity index (χ0n) is 11.0. The van der Waals surface area contributed by atoms with Crippen LogP contribution in [0.25, 0.3) is 0 Å². The monoisotopic (exact) mass is 251 g/mol. The summed E-state index contributed by atoms with van der Waals surface area (Å²) in [6, 6.07) is 0. The summed E-state index contributed by atoms with van der Waals surface area (Å²) in [7, 11) is 0. The van der Waals surface area contributed by atoms with Crippen LogP contribution in [-0.4, -0.2) is 34.3 Å². The molecule has 1 aromatic rings. The summed E-state index contributed by atoms with van der Waals surface area (Å²) in [5, 5.41) is 13.1. The summed E-state index contributed by atoms with van der Waals surface area (Å²) in [4.78, 5) is 8.32. The van der Waals surface area contributed by atoms with Crippen molar-refractivity contribution in [1.29, 1.82) is 0 Å². The van der Waals surface area contributed by atoms with Crippen LogP contribution in [0.3, 0.4) is 0 Å². The first-order chi connectivity index (χ1) is 8.72. The van der Waals surface area contributed by atoms with E-state index in [9.17, 15) is 5.11 Å². The first kappa shape index (κ1) is 13.1. The molecule has 2 atom stereocenters. The largest absolute Gasteiger partial charge is 0.478 e. The Hall–Kier alpha value is -1.36. The van der Waals surface area contributed by atoms with E-state index in [1.807, 2.05) is 13.8 Å². The maximum atomic E-state index is 9.78. The summed E-state index contributed by atoms with van der Waals surface area (Å²) >= 11 is 0. The Bertz CT molecular complexity index is 398. The Balaban J connectivity index is 1.98. The van der Waals surface area contributed by atoms with Gasteiger partial charge in [-0.1, -0.05) is 6.42 Å². The van der Waals surface area contributed by atoms with E-state index in [0.717, 1.165) is 37.2 Å². The lowest BCUT2D eigenvalue weighted by Gasteiger charge is -2.17. The third-order valence-corrected chi connectivity index (χ3v) is 3.47. The molecule has 100 valence electrons. The topological polar surface area (TPSA) is 67.3 Å². The first-order valence-electron chi connectivity index (χ1n) is 6.58. The van der Waals surface area contributed by atoms with Gasteiger partial charge < -0.3 is 15.2 Å². The number of nitrogens with one attached hydrogen (secondary N) is 1. The average molecular weight is 251 g/mol. The second-order valence-electron chi connectivity index (χ2n) is 4.72. The predicted octanol–water partition coefficient (Wildman–Crippen LogP) is 1.76. The molecule has 0 amide bonds. The molecular formula is C13H21N3O2. The van der Waals surface area contributed by atoms with Crippen molar-refractivity contribution in [2.75, 3.05) is 18.5 Å². The van der Waals surface area contributed by atoms with Crippen LogP contribution >= 0.6 is 0 Å². The van der Waals surface area contributed by atoms with E-state index in [0.29, 0.717) is 18.4 Å².